The number of nitrogens with zero attached hydrogens (tertiary/aromatic N) is 3. The Morgan fingerprint density at radius 2 is 1.90 bits per heavy atom. The van der Waals surface area contributed by atoms with Gasteiger partial charge in [-0.05, 0) is 38.5 Å². The minimum atomic E-state index is 0.155. The topological polar surface area (TPSA) is 33.1 Å². The monoisotopic (exact) mass is 284 g/mol. The van der Waals surface area contributed by atoms with Gasteiger partial charge in [-0.3, -0.25) is 0 Å². The number of anilines is 1. The van der Waals surface area contributed by atoms with E-state index in [0.717, 1.165) is 32.0 Å². The number of hydrogen-bond donors (Lipinski definition) is 1. The summed E-state index contributed by atoms with van der Waals surface area (Å²) >= 11 is 0. The summed E-state index contributed by atoms with van der Waals surface area (Å²) in [4.78, 5) is 6.81. The fraction of sp³-hybridized carbons (Fsp3) is 0.471. The zero-order valence-corrected chi connectivity index (χ0v) is 13.1. The molecule has 1 aliphatic rings. The molecule has 0 bridgehead atoms. The Hall–Kier alpha value is -1.81. The maximum absolute atomic E-state index is 4.42. The Labute approximate surface area is 126 Å². The SMILES string of the molecule is CC(C)(C)NCc1ccc(N2CCn3ccnc3C2)cc1. The summed E-state index contributed by atoms with van der Waals surface area (Å²) in [5.74, 6) is 1.15. The molecule has 0 saturated carbocycles. The molecule has 0 atom stereocenters. The number of fused-ring (bicyclic) bond motifs is 1. The van der Waals surface area contributed by atoms with E-state index in [-0.39, 0.29) is 5.54 Å². The van der Waals surface area contributed by atoms with Crippen LogP contribution in [-0.2, 0) is 19.6 Å². The van der Waals surface area contributed by atoms with Gasteiger partial charge in [0.05, 0.1) is 6.54 Å². The van der Waals surface area contributed by atoms with Crippen molar-refractivity contribution in [1.82, 2.24) is 14.9 Å². The molecule has 2 aromatic rings. The number of benzene rings is 1. The summed E-state index contributed by atoms with van der Waals surface area (Å²) in [5, 5.41) is 3.52. The van der Waals surface area contributed by atoms with E-state index in [2.05, 4.69) is 71.0 Å². The fourth-order valence-electron chi connectivity index (χ4n) is 2.59. The molecule has 4 nitrogen and oxygen atoms in total. The van der Waals surface area contributed by atoms with Crippen LogP contribution in [0.2, 0.25) is 0 Å². The van der Waals surface area contributed by atoms with Gasteiger partial charge in [-0.25, -0.2) is 4.98 Å². The lowest BCUT2D eigenvalue weighted by molar-refractivity contribution is 0.424. The van der Waals surface area contributed by atoms with E-state index in [4.69, 9.17) is 0 Å². The molecule has 0 saturated heterocycles. The van der Waals surface area contributed by atoms with Crippen LogP contribution in [0.3, 0.4) is 0 Å². The maximum Gasteiger partial charge on any atom is 0.128 e. The average molecular weight is 284 g/mol. The van der Waals surface area contributed by atoms with Gasteiger partial charge in [-0.15, -0.1) is 0 Å². The smallest absolute Gasteiger partial charge is 0.128 e. The molecule has 0 radical (unpaired) electrons. The predicted molar refractivity (Wildman–Crippen MR) is 86.3 cm³/mol. The maximum atomic E-state index is 4.42. The molecule has 0 unspecified atom stereocenters. The van der Waals surface area contributed by atoms with E-state index in [1.165, 1.54) is 11.3 Å². The largest absolute Gasteiger partial charge is 0.362 e. The molecular formula is C17H24N4. The minimum Gasteiger partial charge on any atom is -0.362 e. The normalized spacial score (nSPS) is 15.1. The van der Waals surface area contributed by atoms with Crippen LogP contribution in [0.25, 0.3) is 0 Å². The van der Waals surface area contributed by atoms with Crippen LogP contribution in [0.5, 0.6) is 0 Å². The van der Waals surface area contributed by atoms with E-state index in [1.807, 2.05) is 6.20 Å². The molecule has 0 spiro atoms. The molecule has 3 rings (SSSR count). The fourth-order valence-corrected chi connectivity index (χ4v) is 2.59. The first kappa shape index (κ1) is 14.1. The number of nitrogens with one attached hydrogen (secondary N) is 1. The molecule has 0 fully saturated rings. The molecular weight excluding hydrogens is 260 g/mol. The second-order valence-corrected chi connectivity index (χ2v) is 6.73. The third-order valence-electron chi connectivity index (χ3n) is 3.87. The molecule has 112 valence electrons. The highest BCUT2D eigenvalue weighted by Crippen LogP contribution is 2.20. The minimum absolute atomic E-state index is 0.155. The Bertz CT molecular complexity index is 592. The van der Waals surface area contributed by atoms with Crippen molar-refractivity contribution >= 4 is 5.69 Å². The van der Waals surface area contributed by atoms with Crippen molar-refractivity contribution in [3.8, 4) is 0 Å². The summed E-state index contributed by atoms with van der Waals surface area (Å²) in [6.07, 6.45) is 3.95. The molecule has 1 N–H and O–H groups in total. The quantitative estimate of drug-likeness (QED) is 0.941. The summed E-state index contributed by atoms with van der Waals surface area (Å²) in [7, 11) is 0. The van der Waals surface area contributed by atoms with Crippen LogP contribution >= 0.6 is 0 Å². The zero-order chi connectivity index (χ0) is 14.9. The van der Waals surface area contributed by atoms with Crippen LogP contribution in [-0.4, -0.2) is 21.6 Å². The van der Waals surface area contributed by atoms with Gasteiger partial charge in [-0.1, -0.05) is 12.1 Å². The van der Waals surface area contributed by atoms with Crippen LogP contribution in [0.4, 0.5) is 5.69 Å². The summed E-state index contributed by atoms with van der Waals surface area (Å²) in [6, 6.07) is 8.88. The number of rotatable bonds is 3. The standard InChI is InChI=1S/C17H24N4/c1-17(2,3)19-12-14-4-6-15(7-5-14)21-11-10-20-9-8-18-16(20)13-21/h4-9,19H,10-13H2,1-3H3. The first-order valence-electron chi connectivity index (χ1n) is 7.60. The van der Waals surface area contributed by atoms with E-state index < -0.39 is 0 Å². The lowest BCUT2D eigenvalue weighted by Gasteiger charge is -2.29. The van der Waals surface area contributed by atoms with Gasteiger partial charge >= 0.3 is 0 Å². The molecule has 1 aliphatic heterocycles. The molecule has 0 aliphatic carbocycles. The van der Waals surface area contributed by atoms with Crippen LogP contribution in [0.1, 0.15) is 32.2 Å². The third kappa shape index (κ3) is 3.45. The van der Waals surface area contributed by atoms with Gasteiger partial charge in [0.25, 0.3) is 0 Å². The first-order chi connectivity index (χ1) is 10.0. The van der Waals surface area contributed by atoms with Gasteiger partial charge in [0.1, 0.15) is 5.82 Å². The van der Waals surface area contributed by atoms with Gasteiger partial charge in [0.2, 0.25) is 0 Å². The Morgan fingerprint density at radius 3 is 2.62 bits per heavy atom. The van der Waals surface area contributed by atoms with Crippen molar-refractivity contribution in [3.63, 3.8) is 0 Å². The Kier molecular flexibility index (Phi) is 3.72. The molecule has 0 amide bonds. The van der Waals surface area contributed by atoms with Crippen molar-refractivity contribution < 1.29 is 0 Å². The Morgan fingerprint density at radius 1 is 1.14 bits per heavy atom. The molecule has 1 aromatic heterocycles. The summed E-state index contributed by atoms with van der Waals surface area (Å²) < 4.78 is 2.23. The highest BCUT2D eigenvalue weighted by molar-refractivity contribution is 5.48. The van der Waals surface area contributed by atoms with Crippen molar-refractivity contribution in [2.75, 3.05) is 11.4 Å². The van der Waals surface area contributed by atoms with Gasteiger partial charge in [0, 0.05) is 43.3 Å². The van der Waals surface area contributed by atoms with Gasteiger partial charge < -0.3 is 14.8 Å². The van der Waals surface area contributed by atoms with E-state index in [0.29, 0.717) is 0 Å². The molecule has 4 heteroatoms. The van der Waals surface area contributed by atoms with Gasteiger partial charge in [0.15, 0.2) is 0 Å². The van der Waals surface area contributed by atoms with Crippen LogP contribution in [0, 0.1) is 0 Å². The third-order valence-corrected chi connectivity index (χ3v) is 3.87. The molecule has 1 aromatic carbocycles. The molecule has 21 heavy (non-hydrogen) atoms. The van der Waals surface area contributed by atoms with Crippen molar-refractivity contribution in [3.05, 3.63) is 48.0 Å². The van der Waals surface area contributed by atoms with E-state index in [9.17, 15) is 0 Å². The summed E-state index contributed by atoms with van der Waals surface area (Å²) in [5.41, 5.74) is 2.76. The highest BCUT2D eigenvalue weighted by Gasteiger charge is 2.16. The number of aromatic nitrogens is 2. The van der Waals surface area contributed by atoms with E-state index >= 15 is 0 Å². The van der Waals surface area contributed by atoms with Gasteiger partial charge in [-0.2, -0.15) is 0 Å². The molecule has 2 heterocycles. The first-order valence-corrected chi connectivity index (χ1v) is 7.60. The Balaban J connectivity index is 1.65. The average Bonchev–Trinajstić information content (AvgIpc) is 2.92. The number of imidazole rings is 1. The zero-order valence-electron chi connectivity index (χ0n) is 13.1. The lowest BCUT2D eigenvalue weighted by atomic mass is 10.1. The number of hydrogen-bond acceptors (Lipinski definition) is 3. The second-order valence-electron chi connectivity index (χ2n) is 6.73. The summed E-state index contributed by atoms with van der Waals surface area (Å²) in [6.45, 7) is 10.4. The lowest BCUT2D eigenvalue weighted by Crippen LogP contribution is -2.35. The van der Waals surface area contributed by atoms with Crippen LogP contribution < -0.4 is 10.2 Å². The highest BCUT2D eigenvalue weighted by atomic mass is 15.2. The van der Waals surface area contributed by atoms with Crippen molar-refractivity contribution in [1.29, 1.82) is 0 Å². The van der Waals surface area contributed by atoms with E-state index in [1.54, 1.807) is 0 Å². The van der Waals surface area contributed by atoms with Crippen LogP contribution in [0.15, 0.2) is 36.7 Å². The van der Waals surface area contributed by atoms with Crippen molar-refractivity contribution in [2.45, 2.75) is 45.9 Å². The second kappa shape index (κ2) is 5.53. The van der Waals surface area contributed by atoms with Crippen molar-refractivity contribution in [2.24, 2.45) is 0 Å². The predicted octanol–water partition coefficient (Wildman–Crippen LogP) is 2.79.